The van der Waals surface area contributed by atoms with Crippen molar-refractivity contribution < 1.29 is 76.3 Å². The van der Waals surface area contributed by atoms with E-state index in [9.17, 15) is 38.4 Å². The minimum atomic E-state index is -0.716. The first kappa shape index (κ1) is 75.6. The second kappa shape index (κ2) is 47.3. The summed E-state index contributed by atoms with van der Waals surface area (Å²) >= 11 is 0. The molecule has 0 bridgehead atoms. The molecule has 0 aliphatic heterocycles. The number of hydrogen-bond donors (Lipinski definition) is 5. The first-order chi connectivity index (χ1) is 42.1. The van der Waals surface area contributed by atoms with E-state index in [0.29, 0.717) is 182 Å². The minimum absolute atomic E-state index is 0.000252. The van der Waals surface area contributed by atoms with Gasteiger partial charge in [-0.3, -0.25) is 33.6 Å². The Morgan fingerprint density at radius 1 is 0.460 bits per heavy atom. The number of rotatable bonds is 54. The molecule has 2 unspecified atom stereocenters. The number of hydrogen-bond acceptors (Lipinski definition) is 17. The van der Waals surface area contributed by atoms with Crippen LogP contribution in [0.1, 0.15) is 179 Å². The van der Waals surface area contributed by atoms with E-state index in [4.69, 9.17) is 37.9 Å². The van der Waals surface area contributed by atoms with E-state index < -0.39 is 23.8 Å². The second-order valence-corrected chi connectivity index (χ2v) is 22.8. The molecule has 5 N–H and O–H groups in total. The number of likely N-dealkylation sites (N-methyl/N-ethyl adjacent to an activating group) is 1. The van der Waals surface area contributed by atoms with E-state index in [2.05, 4.69) is 50.8 Å². The molecule has 2 aromatic carbocycles. The highest BCUT2D eigenvalue weighted by Crippen LogP contribution is 2.44. The summed E-state index contributed by atoms with van der Waals surface area (Å²) in [5.74, 6) is -1.17. The van der Waals surface area contributed by atoms with Gasteiger partial charge in [0.2, 0.25) is 17.7 Å². The van der Waals surface area contributed by atoms with E-state index in [1.807, 2.05) is 31.3 Å². The van der Waals surface area contributed by atoms with Gasteiger partial charge in [0.1, 0.15) is 29.8 Å². The number of ketones is 3. The van der Waals surface area contributed by atoms with Crippen LogP contribution in [0.25, 0.3) is 11.1 Å². The fourth-order valence-electron chi connectivity index (χ4n) is 9.65. The lowest BCUT2D eigenvalue weighted by atomic mass is 9.98. The van der Waals surface area contributed by atoms with Crippen molar-refractivity contribution in [3.8, 4) is 11.1 Å². The normalized spacial score (nSPS) is 12.6. The van der Waals surface area contributed by atoms with Gasteiger partial charge in [-0.15, -0.1) is 0 Å². The lowest BCUT2D eigenvalue weighted by Crippen LogP contribution is -2.45. The van der Waals surface area contributed by atoms with Crippen molar-refractivity contribution in [1.29, 1.82) is 0 Å². The fraction of sp³-hybridized carbons (Fsp3) is 0.697. The Labute approximate surface area is 517 Å². The van der Waals surface area contributed by atoms with Crippen LogP contribution in [0.5, 0.6) is 0 Å². The first-order valence-electron chi connectivity index (χ1n) is 31.9. The maximum atomic E-state index is 13.4. The van der Waals surface area contributed by atoms with Crippen LogP contribution in [-0.4, -0.2) is 178 Å². The summed E-state index contributed by atoms with van der Waals surface area (Å²) < 4.78 is 44.8. The Morgan fingerprint density at radius 3 is 1.36 bits per heavy atom. The summed E-state index contributed by atoms with van der Waals surface area (Å²) in [6, 6.07) is 15.2. The molecular weight excluding hydrogens is 1120 g/mol. The largest absolute Gasteiger partial charge is 0.465 e. The zero-order valence-electron chi connectivity index (χ0n) is 53.0. The number of benzene rings is 2. The molecule has 87 heavy (non-hydrogen) atoms. The highest BCUT2D eigenvalue weighted by molar-refractivity contribution is 5.91. The first-order valence-corrected chi connectivity index (χ1v) is 31.9. The van der Waals surface area contributed by atoms with Crippen LogP contribution in [0.2, 0.25) is 0 Å². The molecule has 1 aliphatic carbocycles. The molecule has 0 saturated heterocycles. The van der Waals surface area contributed by atoms with Gasteiger partial charge < -0.3 is 64.5 Å². The Hall–Kier alpha value is -5.68. The summed E-state index contributed by atoms with van der Waals surface area (Å²) in [4.78, 5) is 101. The van der Waals surface area contributed by atoms with Crippen molar-refractivity contribution >= 4 is 47.1 Å². The number of Topliss-reactive ketones (excluding diaryl/α,β-unsaturated/α-hetero) is 3. The maximum Gasteiger partial charge on any atom is 0.407 e. The fourth-order valence-corrected chi connectivity index (χ4v) is 9.65. The van der Waals surface area contributed by atoms with Gasteiger partial charge in [-0.1, -0.05) is 48.5 Å². The lowest BCUT2D eigenvalue weighted by Gasteiger charge is -2.20. The summed E-state index contributed by atoms with van der Waals surface area (Å²) in [5, 5.41) is 14.0. The molecule has 0 radical (unpaired) electrons. The average Bonchev–Trinajstić information content (AvgIpc) is 2.21. The van der Waals surface area contributed by atoms with Gasteiger partial charge in [0.05, 0.1) is 58.9 Å². The van der Waals surface area contributed by atoms with Crippen LogP contribution in [0.4, 0.5) is 4.79 Å². The molecule has 0 fully saturated rings. The molecule has 0 saturated carbocycles. The van der Waals surface area contributed by atoms with Crippen molar-refractivity contribution in [3.63, 3.8) is 0 Å². The molecule has 4 amide bonds. The summed E-state index contributed by atoms with van der Waals surface area (Å²) in [5.41, 5.74) is 4.18. The lowest BCUT2D eigenvalue weighted by molar-refractivity contribution is -0.144. The van der Waals surface area contributed by atoms with Gasteiger partial charge in [-0.05, 0) is 147 Å². The standard InChI is InChI=1S/C66H105N5O16/c1-66(2,3)87-65(79)69-37-17-11-28-58(60(74)30-14-20-40-82-44-48-84-46-42-81-39-19-13-23-52(73)33-35-62(76)71-59(64(78)68-5)29-10-16-36-67-4)70-61(75)34-32-51(72)22-12-18-38-80-43-47-85-49-45-83-41-21-15-31-63(77)86-50-57-55-26-8-6-24-53(55)54-25-7-9-27-56(54)57/h6-9,24-27,57-59,67H,10-23,28-50H2,1-5H3,(H,68,78)(H,69,79)(H,70,75)(H,71,76). The van der Waals surface area contributed by atoms with Crippen LogP contribution in [0.15, 0.2) is 48.5 Å². The van der Waals surface area contributed by atoms with Gasteiger partial charge in [0, 0.05) is 97.3 Å². The van der Waals surface area contributed by atoms with E-state index in [0.717, 1.165) is 25.8 Å². The zero-order valence-corrected chi connectivity index (χ0v) is 53.0. The molecule has 0 heterocycles. The van der Waals surface area contributed by atoms with E-state index in [-0.39, 0.29) is 79.1 Å². The van der Waals surface area contributed by atoms with Gasteiger partial charge in [0.25, 0.3) is 0 Å². The Balaban J connectivity index is 1.16. The maximum absolute atomic E-state index is 13.4. The number of ether oxygens (including phenoxy) is 8. The zero-order chi connectivity index (χ0) is 63.2. The topological polar surface area (TPSA) is 271 Å². The number of nitrogens with one attached hydrogen (secondary N) is 5. The van der Waals surface area contributed by atoms with Crippen LogP contribution in [-0.2, 0) is 71.5 Å². The van der Waals surface area contributed by atoms with Crippen molar-refractivity contribution in [2.45, 2.75) is 186 Å². The van der Waals surface area contributed by atoms with Crippen molar-refractivity contribution in [1.82, 2.24) is 26.6 Å². The molecule has 21 nitrogen and oxygen atoms in total. The number of carbonyl (C=O) groups excluding carboxylic acids is 8. The third-order valence-electron chi connectivity index (χ3n) is 14.4. The molecule has 0 spiro atoms. The molecule has 0 aromatic heterocycles. The Bertz CT molecular complexity index is 2250. The number of fused-ring (bicyclic) bond motifs is 3. The van der Waals surface area contributed by atoms with E-state index in [1.54, 1.807) is 20.8 Å². The SMILES string of the molecule is CNCCCCC(NC(=O)CCC(=O)CCCCOCCOCCOCCCCC(=O)C(CCCCNC(=O)OC(C)(C)C)NC(=O)CCC(=O)CCCCOCCOCCOCCCCC(=O)OCC1c2ccccc2-c2ccccc21)C(=O)NC. The molecule has 3 rings (SSSR count). The van der Waals surface area contributed by atoms with Gasteiger partial charge in [-0.25, -0.2) is 4.79 Å². The average molecular weight is 1220 g/mol. The third kappa shape index (κ3) is 36.4. The molecule has 2 atom stereocenters. The highest BCUT2D eigenvalue weighted by Gasteiger charge is 2.29. The van der Waals surface area contributed by atoms with E-state index in [1.165, 1.54) is 29.3 Å². The number of alkyl carbamates (subject to hydrolysis) is 1. The summed E-state index contributed by atoms with van der Waals surface area (Å²) in [6.07, 6.45) is 10.1. The molecule has 490 valence electrons. The minimum Gasteiger partial charge on any atom is -0.465 e. The van der Waals surface area contributed by atoms with Crippen LogP contribution < -0.4 is 26.6 Å². The molecule has 1 aliphatic rings. The second-order valence-electron chi connectivity index (χ2n) is 22.8. The predicted octanol–water partition coefficient (Wildman–Crippen LogP) is 8.19. The van der Waals surface area contributed by atoms with Gasteiger partial charge in [-0.2, -0.15) is 0 Å². The van der Waals surface area contributed by atoms with E-state index >= 15 is 0 Å². The number of amides is 4. The smallest absolute Gasteiger partial charge is 0.407 e. The van der Waals surface area contributed by atoms with Crippen LogP contribution >= 0.6 is 0 Å². The molecular formula is C66H105N5O16. The Morgan fingerprint density at radius 2 is 0.885 bits per heavy atom. The van der Waals surface area contributed by atoms with Crippen LogP contribution in [0.3, 0.4) is 0 Å². The van der Waals surface area contributed by atoms with Crippen LogP contribution in [0, 0.1) is 0 Å². The predicted molar refractivity (Wildman–Crippen MR) is 332 cm³/mol. The molecule has 2 aromatic rings. The van der Waals surface area contributed by atoms with Crippen molar-refractivity contribution in [3.05, 3.63) is 59.7 Å². The highest BCUT2D eigenvalue weighted by atomic mass is 16.6. The monoisotopic (exact) mass is 1220 g/mol. The van der Waals surface area contributed by atoms with Gasteiger partial charge >= 0.3 is 12.1 Å². The quantitative estimate of drug-likeness (QED) is 0.0308. The number of unbranched alkanes of at least 4 members (excludes halogenated alkanes) is 6. The number of esters is 1. The Kier molecular flexibility index (Phi) is 41.1. The van der Waals surface area contributed by atoms with Crippen molar-refractivity contribution in [2.24, 2.45) is 0 Å². The number of carbonyl (C=O) groups is 8. The van der Waals surface area contributed by atoms with Gasteiger partial charge in [0.15, 0.2) is 5.78 Å². The molecule has 21 heteroatoms. The third-order valence-corrected chi connectivity index (χ3v) is 14.4. The van der Waals surface area contributed by atoms with Crippen molar-refractivity contribution in [2.75, 3.05) is 113 Å². The summed E-state index contributed by atoms with van der Waals surface area (Å²) in [7, 11) is 3.40. The summed E-state index contributed by atoms with van der Waals surface area (Å²) in [6.45, 7) is 12.1.